The molecule has 1 saturated heterocycles. The van der Waals surface area contributed by atoms with Crippen molar-refractivity contribution >= 4 is 5.97 Å². The SMILES string of the molecule is Cc1cc(C2CCOC2)c(C(=O)O)[nH]1. The van der Waals surface area contributed by atoms with Gasteiger partial charge in [0.2, 0.25) is 0 Å². The van der Waals surface area contributed by atoms with Gasteiger partial charge in [-0.1, -0.05) is 0 Å². The Morgan fingerprint density at radius 1 is 1.71 bits per heavy atom. The van der Waals surface area contributed by atoms with Crippen LogP contribution in [0, 0.1) is 6.92 Å². The summed E-state index contributed by atoms with van der Waals surface area (Å²) in [6, 6.07) is 1.91. The molecule has 0 spiro atoms. The average Bonchev–Trinajstić information content (AvgIpc) is 2.70. The van der Waals surface area contributed by atoms with Crippen LogP contribution in [-0.4, -0.2) is 29.3 Å². The molecule has 14 heavy (non-hydrogen) atoms. The highest BCUT2D eigenvalue weighted by molar-refractivity contribution is 5.87. The second kappa shape index (κ2) is 3.46. The Hall–Kier alpha value is -1.29. The molecule has 0 aliphatic carbocycles. The van der Waals surface area contributed by atoms with E-state index < -0.39 is 5.97 Å². The smallest absolute Gasteiger partial charge is 0.352 e. The van der Waals surface area contributed by atoms with E-state index in [1.165, 1.54) is 0 Å². The lowest BCUT2D eigenvalue weighted by Crippen LogP contribution is -2.05. The second-order valence-electron chi connectivity index (χ2n) is 3.65. The first kappa shape index (κ1) is 9.27. The van der Waals surface area contributed by atoms with Gasteiger partial charge in [-0.3, -0.25) is 0 Å². The van der Waals surface area contributed by atoms with E-state index in [1.54, 1.807) is 0 Å². The number of aromatic nitrogens is 1. The van der Waals surface area contributed by atoms with E-state index in [9.17, 15) is 4.79 Å². The van der Waals surface area contributed by atoms with Gasteiger partial charge in [-0.05, 0) is 25.0 Å². The summed E-state index contributed by atoms with van der Waals surface area (Å²) in [5.41, 5.74) is 2.09. The van der Waals surface area contributed by atoms with Crippen molar-refractivity contribution in [3.8, 4) is 0 Å². The molecule has 76 valence electrons. The molecular weight excluding hydrogens is 182 g/mol. The van der Waals surface area contributed by atoms with Crippen LogP contribution in [0.4, 0.5) is 0 Å². The van der Waals surface area contributed by atoms with Crippen LogP contribution in [0.5, 0.6) is 0 Å². The monoisotopic (exact) mass is 195 g/mol. The number of hydrogen-bond acceptors (Lipinski definition) is 2. The maximum Gasteiger partial charge on any atom is 0.352 e. The number of nitrogens with one attached hydrogen (secondary N) is 1. The summed E-state index contributed by atoms with van der Waals surface area (Å²) >= 11 is 0. The number of carboxylic acid groups (broad SMARTS) is 1. The topological polar surface area (TPSA) is 62.3 Å². The molecule has 0 aromatic carbocycles. The van der Waals surface area contributed by atoms with Gasteiger partial charge in [0, 0.05) is 18.2 Å². The summed E-state index contributed by atoms with van der Waals surface area (Å²) in [6.07, 6.45) is 0.914. The van der Waals surface area contributed by atoms with E-state index in [0.717, 1.165) is 24.3 Å². The van der Waals surface area contributed by atoms with Gasteiger partial charge < -0.3 is 14.8 Å². The van der Waals surface area contributed by atoms with Crippen molar-refractivity contribution in [2.75, 3.05) is 13.2 Å². The predicted octanol–water partition coefficient (Wildman–Crippen LogP) is 1.53. The van der Waals surface area contributed by atoms with Crippen molar-refractivity contribution in [3.05, 3.63) is 23.0 Å². The summed E-state index contributed by atoms with van der Waals surface area (Å²) in [5.74, 6) is -0.647. The number of hydrogen-bond donors (Lipinski definition) is 2. The van der Waals surface area contributed by atoms with Crippen molar-refractivity contribution in [3.63, 3.8) is 0 Å². The molecule has 2 heterocycles. The Kier molecular flexibility index (Phi) is 2.29. The van der Waals surface area contributed by atoms with E-state index in [2.05, 4.69) is 4.98 Å². The molecule has 0 bridgehead atoms. The number of carbonyl (C=O) groups is 1. The zero-order chi connectivity index (χ0) is 10.1. The van der Waals surface area contributed by atoms with Gasteiger partial charge in [0.15, 0.2) is 0 Å². The first-order valence-electron chi connectivity index (χ1n) is 4.69. The fourth-order valence-corrected chi connectivity index (χ4v) is 1.89. The van der Waals surface area contributed by atoms with Crippen LogP contribution in [0.15, 0.2) is 6.07 Å². The molecule has 0 amide bonds. The Balaban J connectivity index is 2.35. The first-order chi connectivity index (χ1) is 6.68. The van der Waals surface area contributed by atoms with Crippen LogP contribution >= 0.6 is 0 Å². The molecule has 4 heteroatoms. The molecular formula is C10H13NO3. The molecule has 2 N–H and O–H groups in total. The molecule has 1 atom stereocenters. The van der Waals surface area contributed by atoms with Crippen molar-refractivity contribution in [1.82, 2.24) is 4.98 Å². The van der Waals surface area contributed by atoms with Crippen molar-refractivity contribution in [2.24, 2.45) is 0 Å². The number of aromatic carboxylic acids is 1. The van der Waals surface area contributed by atoms with E-state index >= 15 is 0 Å². The standard InChI is InChI=1S/C10H13NO3/c1-6-4-8(7-2-3-14-5-7)9(11-6)10(12)13/h4,7,11H,2-3,5H2,1H3,(H,12,13). The fourth-order valence-electron chi connectivity index (χ4n) is 1.89. The molecule has 2 rings (SSSR count). The third kappa shape index (κ3) is 1.53. The molecule has 1 aromatic rings. The summed E-state index contributed by atoms with van der Waals surface area (Å²) in [7, 11) is 0. The minimum absolute atomic E-state index is 0.242. The highest BCUT2D eigenvalue weighted by atomic mass is 16.5. The number of aryl methyl sites for hydroxylation is 1. The zero-order valence-corrected chi connectivity index (χ0v) is 8.04. The summed E-state index contributed by atoms with van der Waals surface area (Å²) in [4.78, 5) is 13.8. The minimum Gasteiger partial charge on any atom is -0.477 e. The van der Waals surface area contributed by atoms with Gasteiger partial charge in [-0.25, -0.2) is 4.79 Å². The highest BCUT2D eigenvalue weighted by Gasteiger charge is 2.24. The van der Waals surface area contributed by atoms with E-state index in [0.29, 0.717) is 12.3 Å². The Morgan fingerprint density at radius 3 is 3.07 bits per heavy atom. The van der Waals surface area contributed by atoms with Gasteiger partial charge in [0.1, 0.15) is 5.69 Å². The van der Waals surface area contributed by atoms with Crippen molar-refractivity contribution in [1.29, 1.82) is 0 Å². The molecule has 1 aromatic heterocycles. The van der Waals surface area contributed by atoms with Crippen molar-refractivity contribution < 1.29 is 14.6 Å². The van der Waals surface area contributed by atoms with Gasteiger partial charge in [-0.15, -0.1) is 0 Å². The molecule has 1 unspecified atom stereocenters. The summed E-state index contributed by atoms with van der Waals surface area (Å²) in [6.45, 7) is 3.23. The summed E-state index contributed by atoms with van der Waals surface area (Å²) < 4.78 is 5.25. The number of carboxylic acids is 1. The number of aromatic amines is 1. The quantitative estimate of drug-likeness (QED) is 0.752. The lowest BCUT2D eigenvalue weighted by Gasteiger charge is -2.05. The first-order valence-corrected chi connectivity index (χ1v) is 4.69. The predicted molar refractivity (Wildman–Crippen MR) is 50.7 cm³/mol. The van der Waals surface area contributed by atoms with E-state index in [1.807, 2.05) is 13.0 Å². The minimum atomic E-state index is -0.889. The maximum absolute atomic E-state index is 10.9. The third-order valence-electron chi connectivity index (χ3n) is 2.57. The number of rotatable bonds is 2. The largest absolute Gasteiger partial charge is 0.477 e. The van der Waals surface area contributed by atoms with Gasteiger partial charge in [-0.2, -0.15) is 0 Å². The molecule has 4 nitrogen and oxygen atoms in total. The lowest BCUT2D eigenvalue weighted by atomic mass is 9.98. The van der Waals surface area contributed by atoms with Gasteiger partial charge >= 0.3 is 5.97 Å². The Bertz CT molecular complexity index is 350. The van der Waals surface area contributed by atoms with Gasteiger partial charge in [0.25, 0.3) is 0 Å². The third-order valence-corrected chi connectivity index (χ3v) is 2.57. The lowest BCUT2D eigenvalue weighted by molar-refractivity contribution is 0.0689. The van der Waals surface area contributed by atoms with Crippen LogP contribution in [0.1, 0.15) is 34.1 Å². The maximum atomic E-state index is 10.9. The zero-order valence-electron chi connectivity index (χ0n) is 8.04. The van der Waals surface area contributed by atoms with Gasteiger partial charge in [0.05, 0.1) is 6.61 Å². The number of ether oxygens (including phenoxy) is 1. The molecule has 1 aliphatic rings. The van der Waals surface area contributed by atoms with Crippen LogP contribution in [0.2, 0.25) is 0 Å². The molecule has 0 radical (unpaired) electrons. The Morgan fingerprint density at radius 2 is 2.50 bits per heavy atom. The van der Waals surface area contributed by atoms with Crippen LogP contribution in [-0.2, 0) is 4.74 Å². The van der Waals surface area contributed by atoms with Crippen LogP contribution in [0.3, 0.4) is 0 Å². The molecule has 1 fully saturated rings. The van der Waals surface area contributed by atoms with Crippen LogP contribution < -0.4 is 0 Å². The van der Waals surface area contributed by atoms with Crippen LogP contribution in [0.25, 0.3) is 0 Å². The highest BCUT2D eigenvalue weighted by Crippen LogP contribution is 2.28. The molecule has 1 aliphatic heterocycles. The second-order valence-corrected chi connectivity index (χ2v) is 3.65. The Labute approximate surface area is 81.9 Å². The fraction of sp³-hybridized carbons (Fsp3) is 0.500. The molecule has 0 saturated carbocycles. The number of H-pyrrole nitrogens is 1. The van der Waals surface area contributed by atoms with E-state index in [-0.39, 0.29) is 5.92 Å². The van der Waals surface area contributed by atoms with Crippen molar-refractivity contribution in [2.45, 2.75) is 19.3 Å². The summed E-state index contributed by atoms with van der Waals surface area (Å²) in [5, 5.41) is 8.97. The average molecular weight is 195 g/mol. The van der Waals surface area contributed by atoms with E-state index in [4.69, 9.17) is 9.84 Å². The normalized spacial score (nSPS) is 21.4.